The van der Waals surface area contributed by atoms with Crippen LogP contribution in [0.15, 0.2) is 0 Å². The molecule has 0 aromatic heterocycles. The van der Waals surface area contributed by atoms with E-state index in [4.69, 9.17) is 5.11 Å². The quantitative estimate of drug-likeness (QED) is 0.713. The van der Waals surface area contributed by atoms with Gasteiger partial charge in [0.2, 0.25) is 0 Å². The van der Waals surface area contributed by atoms with Crippen molar-refractivity contribution in [3.63, 3.8) is 0 Å². The van der Waals surface area contributed by atoms with E-state index in [0.29, 0.717) is 5.92 Å². The maximum atomic E-state index is 10.8. The van der Waals surface area contributed by atoms with Crippen LogP contribution in [0.3, 0.4) is 0 Å². The topological polar surface area (TPSA) is 37.3 Å². The Morgan fingerprint density at radius 3 is 2.54 bits per heavy atom. The van der Waals surface area contributed by atoms with Crippen molar-refractivity contribution in [2.24, 2.45) is 17.3 Å². The van der Waals surface area contributed by atoms with Crippen LogP contribution in [0.25, 0.3) is 0 Å². The molecule has 3 unspecified atom stereocenters. The minimum absolute atomic E-state index is 0.0495. The molecule has 0 aliphatic heterocycles. The van der Waals surface area contributed by atoms with E-state index in [2.05, 4.69) is 20.8 Å². The first-order chi connectivity index (χ1) is 6.05. The largest absolute Gasteiger partial charge is 0.481 e. The second-order valence-electron chi connectivity index (χ2n) is 4.53. The predicted octanol–water partition coefficient (Wildman–Crippen LogP) is 2.92. The predicted molar refractivity (Wildman–Crippen MR) is 52.5 cm³/mol. The molecule has 3 atom stereocenters. The molecule has 13 heavy (non-hydrogen) atoms. The van der Waals surface area contributed by atoms with Gasteiger partial charge >= 0.3 is 5.97 Å². The van der Waals surface area contributed by atoms with E-state index in [1.54, 1.807) is 0 Å². The molecule has 1 aliphatic carbocycles. The van der Waals surface area contributed by atoms with Gasteiger partial charge < -0.3 is 5.11 Å². The zero-order valence-corrected chi connectivity index (χ0v) is 8.84. The van der Waals surface area contributed by atoms with Crippen LogP contribution in [0.5, 0.6) is 0 Å². The number of aliphatic carboxylic acids is 1. The molecule has 1 rings (SSSR count). The lowest BCUT2D eigenvalue weighted by Crippen LogP contribution is -2.13. The smallest absolute Gasteiger partial charge is 0.307 e. The molecule has 0 amide bonds. The number of hydrogen-bond acceptors (Lipinski definition) is 1. The molecule has 0 heterocycles. The van der Waals surface area contributed by atoms with Gasteiger partial charge in [0, 0.05) is 0 Å². The highest BCUT2D eigenvalue weighted by Gasteiger charge is 2.56. The van der Waals surface area contributed by atoms with Gasteiger partial charge in [0.25, 0.3) is 0 Å². The fourth-order valence-corrected chi connectivity index (χ4v) is 2.30. The highest BCUT2D eigenvalue weighted by molar-refractivity contribution is 5.74. The summed E-state index contributed by atoms with van der Waals surface area (Å²) in [5.41, 5.74) is 0.154. The summed E-state index contributed by atoms with van der Waals surface area (Å²) in [6.07, 6.45) is 4.18. The van der Waals surface area contributed by atoms with Gasteiger partial charge in [0.1, 0.15) is 0 Å². The van der Waals surface area contributed by atoms with Crippen molar-refractivity contribution in [1.29, 1.82) is 0 Å². The average Bonchev–Trinajstić information content (AvgIpc) is 2.80. The van der Waals surface area contributed by atoms with Gasteiger partial charge in [0.15, 0.2) is 0 Å². The third-order valence-electron chi connectivity index (χ3n) is 3.64. The van der Waals surface area contributed by atoms with Crippen LogP contribution in [0, 0.1) is 17.3 Å². The van der Waals surface area contributed by atoms with Gasteiger partial charge in [-0.2, -0.15) is 0 Å². The summed E-state index contributed by atoms with van der Waals surface area (Å²) in [5.74, 6) is 0.0287. The third kappa shape index (κ3) is 2.04. The summed E-state index contributed by atoms with van der Waals surface area (Å²) in [4.78, 5) is 10.8. The Balaban J connectivity index is 2.50. The number of carboxylic acids is 1. The fourth-order valence-electron chi connectivity index (χ4n) is 2.30. The number of carbonyl (C=O) groups is 1. The van der Waals surface area contributed by atoms with Gasteiger partial charge in [-0.25, -0.2) is 0 Å². The van der Waals surface area contributed by atoms with E-state index in [-0.39, 0.29) is 11.3 Å². The Labute approximate surface area is 80.3 Å². The second-order valence-corrected chi connectivity index (χ2v) is 4.53. The zero-order valence-electron chi connectivity index (χ0n) is 8.84. The number of hydrogen-bond donors (Lipinski definition) is 1. The Bertz CT molecular complexity index is 200. The van der Waals surface area contributed by atoms with E-state index in [1.807, 2.05) is 0 Å². The van der Waals surface area contributed by atoms with Crippen molar-refractivity contribution in [2.75, 3.05) is 0 Å². The molecule has 0 saturated heterocycles. The Kier molecular flexibility index (Phi) is 2.99. The summed E-state index contributed by atoms with van der Waals surface area (Å²) < 4.78 is 0. The molecule has 0 bridgehead atoms. The molecule has 2 heteroatoms. The summed E-state index contributed by atoms with van der Waals surface area (Å²) in [5, 5.41) is 8.91. The molecule has 0 aromatic rings. The lowest BCUT2D eigenvalue weighted by atomic mass is 9.87. The van der Waals surface area contributed by atoms with E-state index < -0.39 is 5.97 Å². The van der Waals surface area contributed by atoms with Crippen molar-refractivity contribution in [3.8, 4) is 0 Å². The first kappa shape index (κ1) is 10.6. The molecule has 76 valence electrons. The van der Waals surface area contributed by atoms with E-state index >= 15 is 0 Å². The minimum atomic E-state index is -0.592. The van der Waals surface area contributed by atoms with Gasteiger partial charge in [0.05, 0.1) is 5.92 Å². The summed E-state index contributed by atoms with van der Waals surface area (Å²) in [7, 11) is 0. The number of rotatable bonds is 5. The molecule has 1 saturated carbocycles. The van der Waals surface area contributed by atoms with Crippen LogP contribution in [0.1, 0.15) is 46.5 Å². The van der Waals surface area contributed by atoms with E-state index in [0.717, 1.165) is 25.7 Å². The van der Waals surface area contributed by atoms with Crippen LogP contribution in [0.2, 0.25) is 0 Å². The van der Waals surface area contributed by atoms with Crippen molar-refractivity contribution in [1.82, 2.24) is 0 Å². The van der Waals surface area contributed by atoms with Gasteiger partial charge in [-0.05, 0) is 30.6 Å². The average molecular weight is 184 g/mol. The lowest BCUT2D eigenvalue weighted by Gasteiger charge is -2.18. The van der Waals surface area contributed by atoms with E-state index in [1.165, 1.54) is 0 Å². The standard InChI is InChI=1S/C11H20O2/c1-4-8(3)6-11(5-2)7-9(11)10(12)13/h8-9H,4-7H2,1-3H3,(H,12,13). The first-order valence-electron chi connectivity index (χ1n) is 5.28. The summed E-state index contributed by atoms with van der Waals surface area (Å²) in [6, 6.07) is 0. The first-order valence-corrected chi connectivity index (χ1v) is 5.28. The van der Waals surface area contributed by atoms with E-state index in [9.17, 15) is 4.79 Å². The van der Waals surface area contributed by atoms with Gasteiger partial charge in [-0.15, -0.1) is 0 Å². The molecule has 1 N–H and O–H groups in total. The fraction of sp³-hybridized carbons (Fsp3) is 0.909. The van der Waals surface area contributed by atoms with Crippen molar-refractivity contribution >= 4 is 5.97 Å². The summed E-state index contributed by atoms with van der Waals surface area (Å²) >= 11 is 0. The van der Waals surface area contributed by atoms with Crippen LogP contribution < -0.4 is 0 Å². The normalized spacial score (nSPS) is 34.2. The highest BCUT2D eigenvalue weighted by Crippen LogP contribution is 2.59. The second kappa shape index (κ2) is 3.69. The third-order valence-corrected chi connectivity index (χ3v) is 3.64. The van der Waals surface area contributed by atoms with Crippen LogP contribution in [-0.4, -0.2) is 11.1 Å². The Hall–Kier alpha value is -0.530. The Morgan fingerprint density at radius 1 is 1.62 bits per heavy atom. The monoisotopic (exact) mass is 184 g/mol. The molecule has 2 nitrogen and oxygen atoms in total. The van der Waals surface area contributed by atoms with Gasteiger partial charge in [-0.3, -0.25) is 4.79 Å². The molecule has 0 radical (unpaired) electrons. The maximum absolute atomic E-state index is 10.8. The van der Waals surface area contributed by atoms with Crippen molar-refractivity contribution in [2.45, 2.75) is 46.5 Å². The molecular formula is C11H20O2. The number of carboxylic acid groups (broad SMARTS) is 1. The SMILES string of the molecule is CCC(C)CC1(CC)CC1C(=O)O. The van der Waals surface area contributed by atoms with Crippen LogP contribution >= 0.6 is 0 Å². The zero-order chi connectivity index (χ0) is 10.1. The molecule has 0 spiro atoms. The lowest BCUT2D eigenvalue weighted by molar-refractivity contribution is -0.139. The molecular weight excluding hydrogens is 164 g/mol. The molecule has 0 aromatic carbocycles. The minimum Gasteiger partial charge on any atom is -0.481 e. The summed E-state index contributed by atoms with van der Waals surface area (Å²) in [6.45, 7) is 6.51. The van der Waals surface area contributed by atoms with Crippen molar-refractivity contribution < 1.29 is 9.90 Å². The highest BCUT2D eigenvalue weighted by atomic mass is 16.4. The Morgan fingerprint density at radius 2 is 2.23 bits per heavy atom. The maximum Gasteiger partial charge on any atom is 0.307 e. The molecule has 1 aliphatic rings. The molecule has 1 fully saturated rings. The van der Waals surface area contributed by atoms with Crippen LogP contribution in [0.4, 0.5) is 0 Å². The van der Waals surface area contributed by atoms with Gasteiger partial charge in [-0.1, -0.05) is 27.2 Å². The van der Waals surface area contributed by atoms with Crippen molar-refractivity contribution in [3.05, 3.63) is 0 Å². The van der Waals surface area contributed by atoms with Crippen LogP contribution in [-0.2, 0) is 4.79 Å².